The quantitative estimate of drug-likeness (QED) is 0.638. The van der Waals surface area contributed by atoms with Crippen molar-refractivity contribution in [2.45, 2.75) is 77.2 Å². The number of fused-ring (bicyclic) bond motifs is 1. The Hall–Kier alpha value is -1.02. The van der Waals surface area contributed by atoms with Gasteiger partial charge in [-0.3, -0.25) is 0 Å². The highest BCUT2D eigenvalue weighted by molar-refractivity contribution is 5.39. The van der Waals surface area contributed by atoms with Crippen molar-refractivity contribution in [3.05, 3.63) is 29.3 Å². The Balaban J connectivity index is 1.66. The molecule has 0 saturated carbocycles. The van der Waals surface area contributed by atoms with Crippen molar-refractivity contribution in [3.8, 4) is 5.75 Å². The number of hydrogen-bond donors (Lipinski definition) is 1. The second-order valence-electron chi connectivity index (χ2n) is 6.33. The van der Waals surface area contributed by atoms with Gasteiger partial charge in [-0.2, -0.15) is 0 Å². The van der Waals surface area contributed by atoms with Crippen LogP contribution in [0.3, 0.4) is 0 Å². The maximum absolute atomic E-state index is 6.19. The number of rotatable bonds is 9. The van der Waals surface area contributed by atoms with Gasteiger partial charge in [0.15, 0.2) is 0 Å². The van der Waals surface area contributed by atoms with Gasteiger partial charge < -0.3 is 10.5 Å². The number of benzene rings is 1. The zero-order valence-corrected chi connectivity index (χ0v) is 13.6. The second kappa shape index (κ2) is 9.09. The Morgan fingerprint density at radius 1 is 1.10 bits per heavy atom. The van der Waals surface area contributed by atoms with Crippen LogP contribution in [0.1, 0.15) is 81.9 Å². The van der Waals surface area contributed by atoms with Crippen molar-refractivity contribution in [3.63, 3.8) is 0 Å². The van der Waals surface area contributed by atoms with Gasteiger partial charge in [-0.15, -0.1) is 0 Å². The van der Waals surface area contributed by atoms with Crippen LogP contribution in [0.2, 0.25) is 0 Å². The molecule has 0 radical (unpaired) electrons. The van der Waals surface area contributed by atoms with Crippen LogP contribution in [0.15, 0.2) is 18.2 Å². The molecule has 0 aliphatic heterocycles. The van der Waals surface area contributed by atoms with E-state index in [0.29, 0.717) is 0 Å². The molecule has 2 nitrogen and oxygen atoms in total. The second-order valence-corrected chi connectivity index (χ2v) is 6.33. The molecule has 0 saturated heterocycles. The fourth-order valence-corrected chi connectivity index (χ4v) is 3.15. The Labute approximate surface area is 130 Å². The first-order valence-corrected chi connectivity index (χ1v) is 8.82. The van der Waals surface area contributed by atoms with Crippen LogP contribution >= 0.6 is 0 Å². The molecular weight excluding hydrogens is 258 g/mol. The van der Waals surface area contributed by atoms with Gasteiger partial charge in [-0.1, -0.05) is 51.5 Å². The third-order valence-corrected chi connectivity index (χ3v) is 4.49. The van der Waals surface area contributed by atoms with Gasteiger partial charge in [0, 0.05) is 6.04 Å². The maximum atomic E-state index is 6.19. The molecule has 2 N–H and O–H groups in total. The topological polar surface area (TPSA) is 35.2 Å². The molecule has 1 aliphatic carbocycles. The molecule has 0 heterocycles. The largest absolute Gasteiger partial charge is 0.494 e. The molecule has 1 aromatic carbocycles. The maximum Gasteiger partial charge on any atom is 0.119 e. The highest BCUT2D eigenvalue weighted by atomic mass is 16.5. The van der Waals surface area contributed by atoms with Crippen LogP contribution in [0.5, 0.6) is 5.75 Å². The van der Waals surface area contributed by atoms with Gasteiger partial charge in [-0.05, 0) is 48.9 Å². The van der Waals surface area contributed by atoms with Crippen molar-refractivity contribution in [2.75, 3.05) is 6.61 Å². The molecule has 0 bridgehead atoms. The van der Waals surface area contributed by atoms with E-state index < -0.39 is 0 Å². The molecule has 2 rings (SSSR count). The zero-order valence-electron chi connectivity index (χ0n) is 13.6. The van der Waals surface area contributed by atoms with Gasteiger partial charge in [0.05, 0.1) is 6.61 Å². The number of nitrogens with two attached hydrogens (primary N) is 1. The summed E-state index contributed by atoms with van der Waals surface area (Å²) in [5, 5.41) is 0. The Bertz CT molecular complexity index is 416. The first-order chi connectivity index (χ1) is 10.3. The lowest BCUT2D eigenvalue weighted by molar-refractivity contribution is 0.303. The number of hydrogen-bond acceptors (Lipinski definition) is 2. The number of aryl methyl sites for hydroxylation is 1. The molecule has 1 aromatic rings. The predicted molar refractivity (Wildman–Crippen MR) is 89.8 cm³/mol. The van der Waals surface area contributed by atoms with Crippen LogP contribution in [0.4, 0.5) is 0 Å². The lowest BCUT2D eigenvalue weighted by atomic mass is 9.88. The van der Waals surface area contributed by atoms with Gasteiger partial charge in [0.25, 0.3) is 0 Å². The van der Waals surface area contributed by atoms with E-state index in [9.17, 15) is 0 Å². The predicted octanol–water partition coefficient (Wildman–Crippen LogP) is 5.15. The average Bonchev–Trinajstić information content (AvgIpc) is 2.51. The van der Waals surface area contributed by atoms with Gasteiger partial charge in [0.1, 0.15) is 5.75 Å². The molecule has 0 unspecified atom stereocenters. The summed E-state index contributed by atoms with van der Waals surface area (Å²) in [7, 11) is 0. The minimum absolute atomic E-state index is 0.205. The zero-order chi connectivity index (χ0) is 14.9. The van der Waals surface area contributed by atoms with E-state index in [1.807, 2.05) is 0 Å². The van der Waals surface area contributed by atoms with Crippen molar-refractivity contribution in [2.24, 2.45) is 5.73 Å². The standard InChI is InChI=1S/C19H31NO/c1-2-3-4-5-6-7-8-14-21-17-13-12-16-10-9-11-19(20)18(16)15-17/h12-13,15,19H,2-11,14,20H2,1H3/t19-/m1/s1. The fourth-order valence-electron chi connectivity index (χ4n) is 3.15. The highest BCUT2D eigenvalue weighted by Crippen LogP contribution is 2.30. The summed E-state index contributed by atoms with van der Waals surface area (Å²) >= 11 is 0. The fraction of sp³-hybridized carbons (Fsp3) is 0.684. The summed E-state index contributed by atoms with van der Waals surface area (Å²) in [6, 6.07) is 6.68. The summed E-state index contributed by atoms with van der Waals surface area (Å²) in [5.41, 5.74) is 8.91. The van der Waals surface area contributed by atoms with E-state index in [0.717, 1.165) is 25.2 Å². The van der Waals surface area contributed by atoms with Gasteiger partial charge in [0.2, 0.25) is 0 Å². The van der Waals surface area contributed by atoms with Crippen molar-refractivity contribution in [1.29, 1.82) is 0 Å². The molecule has 0 spiro atoms. The van der Waals surface area contributed by atoms with E-state index in [-0.39, 0.29) is 6.04 Å². The normalized spacial score (nSPS) is 17.5. The van der Waals surface area contributed by atoms with E-state index in [1.54, 1.807) is 0 Å². The van der Waals surface area contributed by atoms with Crippen molar-refractivity contribution in [1.82, 2.24) is 0 Å². The van der Waals surface area contributed by atoms with Crippen molar-refractivity contribution < 1.29 is 4.74 Å². The molecule has 1 atom stereocenters. The summed E-state index contributed by atoms with van der Waals surface area (Å²) in [6.45, 7) is 3.10. The minimum Gasteiger partial charge on any atom is -0.494 e. The van der Waals surface area contributed by atoms with E-state index >= 15 is 0 Å². The average molecular weight is 289 g/mol. The van der Waals surface area contributed by atoms with E-state index in [1.165, 1.54) is 62.5 Å². The minimum atomic E-state index is 0.205. The Morgan fingerprint density at radius 3 is 2.67 bits per heavy atom. The van der Waals surface area contributed by atoms with Crippen LogP contribution in [-0.4, -0.2) is 6.61 Å². The highest BCUT2D eigenvalue weighted by Gasteiger charge is 2.17. The van der Waals surface area contributed by atoms with Crippen LogP contribution in [-0.2, 0) is 6.42 Å². The Morgan fingerprint density at radius 2 is 1.86 bits per heavy atom. The summed E-state index contributed by atoms with van der Waals surface area (Å²) in [5.74, 6) is 0.997. The molecule has 1 aliphatic rings. The third kappa shape index (κ3) is 5.35. The summed E-state index contributed by atoms with van der Waals surface area (Å²) in [6.07, 6.45) is 12.8. The molecular formula is C19H31NO. The number of ether oxygens (including phenoxy) is 1. The summed E-state index contributed by atoms with van der Waals surface area (Å²) in [4.78, 5) is 0. The van der Waals surface area contributed by atoms with Crippen molar-refractivity contribution >= 4 is 0 Å². The first-order valence-electron chi connectivity index (χ1n) is 8.82. The van der Waals surface area contributed by atoms with Gasteiger partial charge in [-0.25, -0.2) is 0 Å². The molecule has 2 heteroatoms. The molecule has 0 aromatic heterocycles. The van der Waals surface area contributed by atoms with Crippen LogP contribution < -0.4 is 10.5 Å². The van der Waals surface area contributed by atoms with E-state index in [2.05, 4.69) is 25.1 Å². The third-order valence-electron chi connectivity index (χ3n) is 4.49. The lowest BCUT2D eigenvalue weighted by Crippen LogP contribution is -2.17. The lowest BCUT2D eigenvalue weighted by Gasteiger charge is -2.22. The number of unbranched alkanes of at least 4 members (excludes halogenated alkanes) is 6. The molecule has 21 heavy (non-hydrogen) atoms. The Kier molecular flexibility index (Phi) is 7.08. The van der Waals surface area contributed by atoms with E-state index in [4.69, 9.17) is 10.5 Å². The van der Waals surface area contributed by atoms with Crippen LogP contribution in [0, 0.1) is 0 Å². The monoisotopic (exact) mass is 289 g/mol. The SMILES string of the molecule is CCCCCCCCCOc1ccc2c(c1)[C@H](N)CCC2. The molecule has 0 fully saturated rings. The van der Waals surface area contributed by atoms with Crippen LogP contribution in [0.25, 0.3) is 0 Å². The smallest absolute Gasteiger partial charge is 0.119 e. The molecule has 118 valence electrons. The first kappa shape index (κ1) is 16.4. The van der Waals surface area contributed by atoms with Gasteiger partial charge >= 0.3 is 0 Å². The summed E-state index contributed by atoms with van der Waals surface area (Å²) < 4.78 is 5.89. The molecule has 0 amide bonds.